The van der Waals surface area contributed by atoms with Crippen molar-refractivity contribution in [2.75, 3.05) is 6.61 Å². The maximum atomic E-state index is 13.0. The van der Waals surface area contributed by atoms with E-state index in [9.17, 15) is 9.59 Å². The Hall–Kier alpha value is -2.82. The minimum atomic E-state index is -0.542. The Morgan fingerprint density at radius 3 is 2.07 bits per heavy atom. The number of nitrogens with one attached hydrogen (secondary N) is 1. The van der Waals surface area contributed by atoms with E-state index < -0.39 is 6.04 Å². The van der Waals surface area contributed by atoms with Crippen LogP contribution < -0.4 is 10.1 Å². The molecule has 2 rings (SSSR count). The van der Waals surface area contributed by atoms with Gasteiger partial charge in [-0.3, -0.25) is 9.59 Å². The minimum absolute atomic E-state index is 0.0270. The molecule has 5 heteroatoms. The maximum Gasteiger partial charge on any atom is 0.242 e. The molecule has 0 radical (unpaired) electrons. The second kappa shape index (κ2) is 11.4. The van der Waals surface area contributed by atoms with Crippen LogP contribution >= 0.6 is 0 Å². The molecule has 0 saturated carbocycles. The van der Waals surface area contributed by atoms with Crippen LogP contribution in [-0.4, -0.2) is 35.4 Å². The molecule has 0 aliphatic heterocycles. The minimum Gasteiger partial charge on any atom is -0.494 e. The Morgan fingerprint density at radius 2 is 1.50 bits per heavy atom. The Morgan fingerprint density at radius 1 is 0.933 bits per heavy atom. The summed E-state index contributed by atoms with van der Waals surface area (Å²) in [6.45, 7) is 10.5. The standard InChI is InChI=1S/C25H34N2O3/c1-18(2)26-25(29)21(5)27(17-22-12-8-19(3)9-13-22)24(28)7-6-16-30-23-14-10-20(4)11-15-23/h8-15,18,21H,6-7,16-17H2,1-5H3,(H,26,29)/t21-/m0/s1. The highest BCUT2D eigenvalue weighted by Gasteiger charge is 2.26. The van der Waals surface area contributed by atoms with Crippen molar-refractivity contribution >= 4 is 11.8 Å². The normalized spacial score (nSPS) is 11.8. The lowest BCUT2D eigenvalue weighted by Gasteiger charge is -2.29. The predicted octanol–water partition coefficient (Wildman–Crippen LogP) is 4.40. The third kappa shape index (κ3) is 7.54. The van der Waals surface area contributed by atoms with Crippen molar-refractivity contribution in [3.63, 3.8) is 0 Å². The van der Waals surface area contributed by atoms with Crippen molar-refractivity contribution in [3.05, 3.63) is 65.2 Å². The molecule has 2 amide bonds. The van der Waals surface area contributed by atoms with Crippen LogP contribution in [0.2, 0.25) is 0 Å². The van der Waals surface area contributed by atoms with Gasteiger partial charge in [0.25, 0.3) is 0 Å². The van der Waals surface area contributed by atoms with Gasteiger partial charge in [0.05, 0.1) is 6.61 Å². The predicted molar refractivity (Wildman–Crippen MR) is 120 cm³/mol. The second-order valence-corrected chi connectivity index (χ2v) is 8.11. The van der Waals surface area contributed by atoms with Crippen molar-refractivity contribution in [2.24, 2.45) is 0 Å². The van der Waals surface area contributed by atoms with Crippen LogP contribution in [0.15, 0.2) is 48.5 Å². The summed E-state index contributed by atoms with van der Waals surface area (Å²) in [6.07, 6.45) is 0.923. The third-order valence-electron chi connectivity index (χ3n) is 4.90. The van der Waals surface area contributed by atoms with Gasteiger partial charge < -0.3 is 15.0 Å². The Kier molecular flexibility index (Phi) is 8.90. The Balaban J connectivity index is 1.98. The van der Waals surface area contributed by atoms with Crippen LogP contribution in [0.25, 0.3) is 0 Å². The van der Waals surface area contributed by atoms with Crippen LogP contribution in [0, 0.1) is 13.8 Å². The fourth-order valence-electron chi connectivity index (χ4n) is 3.07. The van der Waals surface area contributed by atoms with Gasteiger partial charge in [0.1, 0.15) is 11.8 Å². The van der Waals surface area contributed by atoms with E-state index in [1.165, 1.54) is 5.56 Å². The van der Waals surface area contributed by atoms with Crippen LogP contribution in [-0.2, 0) is 16.1 Å². The number of carbonyl (C=O) groups is 2. The highest BCUT2D eigenvalue weighted by Crippen LogP contribution is 2.15. The summed E-state index contributed by atoms with van der Waals surface area (Å²) in [5.74, 6) is 0.616. The fraction of sp³-hybridized carbons (Fsp3) is 0.440. The highest BCUT2D eigenvalue weighted by molar-refractivity contribution is 5.87. The van der Waals surface area contributed by atoms with E-state index in [0.717, 1.165) is 16.9 Å². The van der Waals surface area contributed by atoms with Gasteiger partial charge in [0, 0.05) is 19.0 Å². The molecule has 5 nitrogen and oxygen atoms in total. The largest absolute Gasteiger partial charge is 0.494 e. The van der Waals surface area contributed by atoms with Gasteiger partial charge in [-0.05, 0) is 58.7 Å². The number of nitrogens with zero attached hydrogens (tertiary/aromatic N) is 1. The van der Waals surface area contributed by atoms with E-state index in [-0.39, 0.29) is 17.9 Å². The van der Waals surface area contributed by atoms with Crippen LogP contribution in [0.4, 0.5) is 0 Å². The molecule has 0 aromatic heterocycles. The van der Waals surface area contributed by atoms with E-state index in [1.54, 1.807) is 11.8 Å². The number of hydrogen-bond acceptors (Lipinski definition) is 3. The first kappa shape index (κ1) is 23.5. The van der Waals surface area contributed by atoms with Crippen molar-refractivity contribution in [1.82, 2.24) is 10.2 Å². The smallest absolute Gasteiger partial charge is 0.242 e. The first-order chi connectivity index (χ1) is 14.3. The molecule has 30 heavy (non-hydrogen) atoms. The molecule has 2 aromatic carbocycles. The monoisotopic (exact) mass is 410 g/mol. The topological polar surface area (TPSA) is 58.6 Å². The molecule has 0 fully saturated rings. The quantitative estimate of drug-likeness (QED) is 0.591. The van der Waals surface area contributed by atoms with E-state index >= 15 is 0 Å². The first-order valence-electron chi connectivity index (χ1n) is 10.6. The molecular formula is C25H34N2O3. The van der Waals surface area contributed by atoms with Crippen molar-refractivity contribution in [3.8, 4) is 5.75 Å². The molecule has 2 aromatic rings. The molecule has 0 unspecified atom stereocenters. The molecular weight excluding hydrogens is 376 g/mol. The molecule has 0 heterocycles. The number of hydrogen-bond donors (Lipinski definition) is 1. The number of carbonyl (C=O) groups excluding carboxylic acids is 2. The summed E-state index contributed by atoms with van der Waals surface area (Å²) < 4.78 is 5.73. The zero-order valence-corrected chi connectivity index (χ0v) is 18.8. The van der Waals surface area contributed by atoms with Crippen LogP contribution in [0.1, 0.15) is 50.3 Å². The van der Waals surface area contributed by atoms with Crippen LogP contribution in [0.3, 0.4) is 0 Å². The van der Waals surface area contributed by atoms with Gasteiger partial charge in [-0.2, -0.15) is 0 Å². The van der Waals surface area contributed by atoms with Crippen molar-refractivity contribution in [2.45, 2.75) is 66.1 Å². The summed E-state index contributed by atoms with van der Waals surface area (Å²) in [4.78, 5) is 27.2. The lowest BCUT2D eigenvalue weighted by Crippen LogP contribution is -2.49. The van der Waals surface area contributed by atoms with Gasteiger partial charge in [0.15, 0.2) is 0 Å². The molecule has 0 spiro atoms. The summed E-state index contributed by atoms with van der Waals surface area (Å²) >= 11 is 0. The second-order valence-electron chi connectivity index (χ2n) is 8.11. The van der Waals surface area contributed by atoms with E-state index in [2.05, 4.69) is 5.32 Å². The molecule has 1 N–H and O–H groups in total. The van der Waals surface area contributed by atoms with Crippen molar-refractivity contribution in [1.29, 1.82) is 0 Å². The average Bonchev–Trinajstić information content (AvgIpc) is 2.71. The number of ether oxygens (including phenoxy) is 1. The zero-order valence-electron chi connectivity index (χ0n) is 18.8. The third-order valence-corrected chi connectivity index (χ3v) is 4.90. The van der Waals surface area contributed by atoms with E-state index in [4.69, 9.17) is 4.74 Å². The Bertz CT molecular complexity index is 813. The maximum absolute atomic E-state index is 13.0. The number of aryl methyl sites for hydroxylation is 2. The zero-order chi connectivity index (χ0) is 22.1. The lowest BCUT2D eigenvalue weighted by molar-refractivity contribution is -0.141. The van der Waals surface area contributed by atoms with Crippen molar-refractivity contribution < 1.29 is 14.3 Å². The van der Waals surface area contributed by atoms with Gasteiger partial charge in [0.2, 0.25) is 11.8 Å². The molecule has 0 aliphatic rings. The number of rotatable bonds is 10. The summed E-state index contributed by atoms with van der Waals surface area (Å²) in [5.41, 5.74) is 3.35. The number of benzene rings is 2. The lowest BCUT2D eigenvalue weighted by atomic mass is 10.1. The van der Waals surface area contributed by atoms with Crippen LogP contribution in [0.5, 0.6) is 5.75 Å². The van der Waals surface area contributed by atoms with Gasteiger partial charge in [-0.1, -0.05) is 47.5 Å². The molecule has 162 valence electrons. The molecule has 1 atom stereocenters. The summed E-state index contributed by atoms with van der Waals surface area (Å²) in [5, 5.41) is 2.91. The summed E-state index contributed by atoms with van der Waals surface area (Å²) in [6, 6.07) is 15.4. The molecule has 0 bridgehead atoms. The number of amides is 2. The van der Waals surface area contributed by atoms with Gasteiger partial charge >= 0.3 is 0 Å². The van der Waals surface area contributed by atoms with Gasteiger partial charge in [-0.15, -0.1) is 0 Å². The Labute approximate surface area is 180 Å². The van der Waals surface area contributed by atoms with Gasteiger partial charge in [-0.25, -0.2) is 0 Å². The highest BCUT2D eigenvalue weighted by atomic mass is 16.5. The van der Waals surface area contributed by atoms with E-state index in [1.807, 2.05) is 76.2 Å². The SMILES string of the molecule is Cc1ccc(CN(C(=O)CCCOc2ccc(C)cc2)[C@@H](C)C(=O)NC(C)C)cc1. The van der Waals surface area contributed by atoms with E-state index in [0.29, 0.717) is 26.0 Å². The average molecular weight is 411 g/mol. The molecule has 0 aliphatic carbocycles. The first-order valence-corrected chi connectivity index (χ1v) is 10.6. The fourth-order valence-corrected chi connectivity index (χ4v) is 3.07. The molecule has 0 saturated heterocycles. The summed E-state index contributed by atoms with van der Waals surface area (Å²) in [7, 11) is 0.